The second kappa shape index (κ2) is 8.22. The molecule has 0 fully saturated rings. The average molecular weight is 286 g/mol. The van der Waals surface area contributed by atoms with Gasteiger partial charge in [0.1, 0.15) is 11.8 Å². The van der Waals surface area contributed by atoms with E-state index < -0.39 is 0 Å². The molecular formula is C13H22N2O3S. The number of nitrogens with zero attached hydrogens (tertiary/aromatic N) is 1. The summed E-state index contributed by atoms with van der Waals surface area (Å²) in [6.45, 7) is 6.69. The van der Waals surface area contributed by atoms with Gasteiger partial charge in [-0.1, -0.05) is 18.7 Å². The average Bonchev–Trinajstić information content (AvgIpc) is 2.71. The van der Waals surface area contributed by atoms with Gasteiger partial charge in [0.25, 0.3) is 5.22 Å². The van der Waals surface area contributed by atoms with E-state index in [9.17, 15) is 4.79 Å². The molecular weight excluding hydrogens is 264 g/mol. The monoisotopic (exact) mass is 286 g/mol. The van der Waals surface area contributed by atoms with Crippen molar-refractivity contribution >= 4 is 17.7 Å². The lowest BCUT2D eigenvalue weighted by Crippen LogP contribution is -2.38. The quantitative estimate of drug-likeness (QED) is 0.584. The third kappa shape index (κ3) is 5.24. The van der Waals surface area contributed by atoms with Gasteiger partial charge in [-0.3, -0.25) is 4.79 Å². The van der Waals surface area contributed by atoms with Crippen molar-refractivity contribution in [2.45, 2.75) is 44.9 Å². The molecule has 0 aliphatic heterocycles. The maximum atomic E-state index is 11.6. The highest BCUT2D eigenvalue weighted by molar-refractivity contribution is 7.99. The molecule has 19 heavy (non-hydrogen) atoms. The van der Waals surface area contributed by atoms with Gasteiger partial charge in [-0.2, -0.15) is 0 Å². The van der Waals surface area contributed by atoms with E-state index in [0.717, 1.165) is 30.2 Å². The number of oxazole rings is 1. The van der Waals surface area contributed by atoms with Crippen molar-refractivity contribution in [2.75, 3.05) is 19.4 Å². The molecule has 0 aromatic carbocycles. The molecule has 0 saturated carbocycles. The van der Waals surface area contributed by atoms with Gasteiger partial charge < -0.3 is 14.5 Å². The topological polar surface area (TPSA) is 64.4 Å². The van der Waals surface area contributed by atoms with Gasteiger partial charge in [0.15, 0.2) is 0 Å². The predicted molar refractivity (Wildman–Crippen MR) is 75.4 cm³/mol. The lowest BCUT2D eigenvalue weighted by Gasteiger charge is -2.15. The second-order valence-corrected chi connectivity index (χ2v) is 5.33. The van der Waals surface area contributed by atoms with Gasteiger partial charge in [-0.15, -0.1) is 0 Å². The van der Waals surface area contributed by atoms with Crippen LogP contribution in [0.3, 0.4) is 0 Å². The van der Waals surface area contributed by atoms with Crippen LogP contribution in [0, 0.1) is 13.8 Å². The zero-order valence-corrected chi connectivity index (χ0v) is 12.8. The van der Waals surface area contributed by atoms with Gasteiger partial charge in [-0.05, 0) is 33.2 Å². The van der Waals surface area contributed by atoms with Gasteiger partial charge in [-0.25, -0.2) is 4.98 Å². The van der Waals surface area contributed by atoms with Crippen LogP contribution in [0.1, 0.15) is 31.2 Å². The molecule has 0 bridgehead atoms. The number of hydrogen-bond donors (Lipinski definition) is 1. The Morgan fingerprint density at radius 3 is 2.79 bits per heavy atom. The Bertz CT molecular complexity index is 387. The van der Waals surface area contributed by atoms with Crippen molar-refractivity contribution in [3.05, 3.63) is 11.5 Å². The zero-order chi connectivity index (χ0) is 14.3. The Morgan fingerprint density at radius 2 is 2.26 bits per heavy atom. The number of methoxy groups -OCH3 is 1. The molecule has 1 atom stereocenters. The number of aryl methyl sites for hydroxylation is 2. The van der Waals surface area contributed by atoms with Gasteiger partial charge in [0.2, 0.25) is 0 Å². The van der Waals surface area contributed by atoms with Crippen molar-refractivity contribution in [3.8, 4) is 0 Å². The Hall–Kier alpha value is -1.01. The molecule has 0 saturated heterocycles. The number of nitrogens with one attached hydrogen (secondary N) is 1. The first-order valence-corrected chi connectivity index (χ1v) is 7.45. The molecule has 1 rings (SSSR count). The van der Waals surface area contributed by atoms with Crippen molar-refractivity contribution in [1.82, 2.24) is 10.3 Å². The molecule has 0 amide bonds. The Labute approximate surface area is 118 Å². The van der Waals surface area contributed by atoms with Gasteiger partial charge >= 0.3 is 5.97 Å². The van der Waals surface area contributed by atoms with E-state index in [1.807, 2.05) is 13.8 Å². The lowest BCUT2D eigenvalue weighted by atomic mass is 10.2. The van der Waals surface area contributed by atoms with Crippen molar-refractivity contribution in [1.29, 1.82) is 0 Å². The summed E-state index contributed by atoms with van der Waals surface area (Å²) in [6.07, 6.45) is 1.68. The number of rotatable bonds is 8. The van der Waals surface area contributed by atoms with Crippen molar-refractivity contribution in [2.24, 2.45) is 0 Å². The van der Waals surface area contributed by atoms with Gasteiger partial charge in [0.05, 0.1) is 12.8 Å². The van der Waals surface area contributed by atoms with Crippen LogP contribution in [0.25, 0.3) is 0 Å². The molecule has 6 heteroatoms. The number of hydrogen-bond acceptors (Lipinski definition) is 6. The fourth-order valence-electron chi connectivity index (χ4n) is 1.53. The van der Waals surface area contributed by atoms with E-state index in [4.69, 9.17) is 9.15 Å². The molecule has 108 valence electrons. The number of esters is 1. The number of thioether (sulfide) groups is 1. The molecule has 1 N–H and O–H groups in total. The number of aromatic nitrogens is 1. The van der Waals surface area contributed by atoms with Crippen molar-refractivity contribution in [3.63, 3.8) is 0 Å². The SMILES string of the molecule is CCCNC(CCSc1nc(C)c(C)o1)C(=O)OC. The van der Waals surface area contributed by atoms with E-state index in [-0.39, 0.29) is 12.0 Å². The standard InChI is InChI=1S/C13H22N2O3S/c1-5-7-14-11(12(16)17-4)6-8-19-13-15-9(2)10(3)18-13/h11,14H,5-8H2,1-4H3. The normalized spacial score (nSPS) is 12.4. The van der Waals surface area contributed by atoms with Crippen LogP contribution in [0.5, 0.6) is 0 Å². The van der Waals surface area contributed by atoms with Crippen LogP contribution in [0.15, 0.2) is 9.64 Å². The molecule has 0 aliphatic carbocycles. The van der Waals surface area contributed by atoms with E-state index in [0.29, 0.717) is 11.6 Å². The fourth-order valence-corrected chi connectivity index (χ4v) is 2.45. The van der Waals surface area contributed by atoms with Crippen LogP contribution in [0.2, 0.25) is 0 Å². The summed E-state index contributed by atoms with van der Waals surface area (Å²) in [5.74, 6) is 1.39. The highest BCUT2D eigenvalue weighted by atomic mass is 32.2. The Balaban J connectivity index is 2.40. The van der Waals surface area contributed by atoms with Crippen LogP contribution >= 0.6 is 11.8 Å². The zero-order valence-electron chi connectivity index (χ0n) is 12.0. The summed E-state index contributed by atoms with van der Waals surface area (Å²) in [7, 11) is 1.41. The minimum Gasteiger partial charge on any atom is -0.468 e. The minimum atomic E-state index is -0.255. The first kappa shape index (κ1) is 16.0. The van der Waals surface area contributed by atoms with E-state index >= 15 is 0 Å². The maximum absolute atomic E-state index is 11.6. The first-order chi connectivity index (χ1) is 9.08. The highest BCUT2D eigenvalue weighted by Crippen LogP contribution is 2.21. The van der Waals surface area contributed by atoms with Crippen LogP contribution in [0.4, 0.5) is 0 Å². The number of carbonyl (C=O) groups excluding carboxylic acids is 1. The molecule has 1 heterocycles. The van der Waals surface area contributed by atoms with E-state index in [1.54, 1.807) is 0 Å². The summed E-state index contributed by atoms with van der Waals surface area (Å²) in [5, 5.41) is 3.85. The Kier molecular flexibility index (Phi) is 6.94. The number of carbonyl (C=O) groups is 1. The molecule has 0 radical (unpaired) electrons. The predicted octanol–water partition coefficient (Wildman–Crippen LogP) is 2.31. The molecule has 1 unspecified atom stereocenters. The van der Waals surface area contributed by atoms with Crippen LogP contribution in [-0.4, -0.2) is 36.4 Å². The van der Waals surface area contributed by atoms with E-state index in [2.05, 4.69) is 17.2 Å². The molecule has 5 nitrogen and oxygen atoms in total. The number of ether oxygens (including phenoxy) is 1. The summed E-state index contributed by atoms with van der Waals surface area (Å²) < 4.78 is 10.3. The van der Waals surface area contributed by atoms with Crippen molar-refractivity contribution < 1.29 is 13.9 Å². The third-order valence-corrected chi connectivity index (χ3v) is 3.63. The lowest BCUT2D eigenvalue weighted by molar-refractivity contribution is -0.143. The smallest absolute Gasteiger partial charge is 0.322 e. The summed E-state index contributed by atoms with van der Waals surface area (Å²) in [6, 6.07) is -0.255. The summed E-state index contributed by atoms with van der Waals surface area (Å²) in [4.78, 5) is 15.9. The largest absolute Gasteiger partial charge is 0.468 e. The third-order valence-electron chi connectivity index (χ3n) is 2.77. The minimum absolute atomic E-state index is 0.214. The fraction of sp³-hybridized carbons (Fsp3) is 0.692. The molecule has 1 aromatic rings. The van der Waals surface area contributed by atoms with Gasteiger partial charge in [0, 0.05) is 5.75 Å². The maximum Gasteiger partial charge on any atom is 0.322 e. The molecule has 0 aliphatic rings. The summed E-state index contributed by atoms with van der Waals surface area (Å²) >= 11 is 1.52. The van der Waals surface area contributed by atoms with Crippen LogP contribution < -0.4 is 5.32 Å². The van der Waals surface area contributed by atoms with E-state index in [1.165, 1.54) is 18.9 Å². The summed E-state index contributed by atoms with van der Waals surface area (Å²) in [5.41, 5.74) is 0.913. The second-order valence-electron chi connectivity index (χ2n) is 4.29. The van der Waals surface area contributed by atoms with Crippen LogP contribution in [-0.2, 0) is 9.53 Å². The molecule has 0 spiro atoms. The molecule has 1 aromatic heterocycles. The highest BCUT2D eigenvalue weighted by Gasteiger charge is 2.18. The Morgan fingerprint density at radius 1 is 1.53 bits per heavy atom. The first-order valence-electron chi connectivity index (χ1n) is 6.46.